The Kier molecular flexibility index (Phi) is 4.42. The van der Waals surface area contributed by atoms with Gasteiger partial charge in [0.05, 0.1) is 6.61 Å². The number of benzene rings is 1. The molecule has 0 aliphatic rings. The van der Waals surface area contributed by atoms with Crippen molar-refractivity contribution in [2.45, 2.75) is 19.8 Å². The number of esters is 1. The van der Waals surface area contributed by atoms with Gasteiger partial charge < -0.3 is 9.72 Å². The van der Waals surface area contributed by atoms with Gasteiger partial charge in [0, 0.05) is 16.2 Å². The molecule has 0 amide bonds. The normalized spacial score (nSPS) is 10.8. The summed E-state index contributed by atoms with van der Waals surface area (Å²) in [5.74, 6) is -0.292. The molecule has 0 saturated heterocycles. The molecular formula is C14H16BrNO2. The van der Waals surface area contributed by atoms with Crippen LogP contribution >= 0.6 is 15.9 Å². The number of nitrogens with one attached hydrogen (secondary N) is 1. The van der Waals surface area contributed by atoms with Gasteiger partial charge in [-0.2, -0.15) is 0 Å². The Morgan fingerprint density at radius 2 is 2.28 bits per heavy atom. The minimum absolute atomic E-state index is 0.292. The van der Waals surface area contributed by atoms with Crippen LogP contribution in [0.25, 0.3) is 10.9 Å². The predicted molar refractivity (Wildman–Crippen MR) is 76.4 cm³/mol. The first-order valence-electron chi connectivity index (χ1n) is 6.10. The average molecular weight is 310 g/mol. The SMILES string of the molecule is CCOC(=O)c1cc2cccc(CCCBr)c2[nH]1. The fourth-order valence-electron chi connectivity index (χ4n) is 2.00. The zero-order valence-corrected chi connectivity index (χ0v) is 11.9. The van der Waals surface area contributed by atoms with Crippen molar-refractivity contribution in [3.05, 3.63) is 35.5 Å². The van der Waals surface area contributed by atoms with Crippen LogP contribution in [-0.4, -0.2) is 22.9 Å². The molecule has 0 fully saturated rings. The highest BCUT2D eigenvalue weighted by molar-refractivity contribution is 9.09. The first-order valence-corrected chi connectivity index (χ1v) is 7.22. The molecule has 2 rings (SSSR count). The van der Waals surface area contributed by atoms with Crippen LogP contribution in [0.3, 0.4) is 0 Å². The van der Waals surface area contributed by atoms with E-state index in [2.05, 4.69) is 27.0 Å². The summed E-state index contributed by atoms with van der Waals surface area (Å²) in [6.45, 7) is 2.20. The summed E-state index contributed by atoms with van der Waals surface area (Å²) >= 11 is 3.44. The molecule has 0 aliphatic carbocycles. The van der Waals surface area contributed by atoms with E-state index in [9.17, 15) is 4.79 Å². The number of fused-ring (bicyclic) bond motifs is 1. The van der Waals surface area contributed by atoms with Crippen molar-refractivity contribution in [1.29, 1.82) is 0 Å². The number of H-pyrrole nitrogens is 1. The van der Waals surface area contributed by atoms with Gasteiger partial charge in [0.2, 0.25) is 0 Å². The van der Waals surface area contributed by atoms with Gasteiger partial charge in [-0.25, -0.2) is 4.79 Å². The first kappa shape index (κ1) is 13.1. The second kappa shape index (κ2) is 6.05. The van der Waals surface area contributed by atoms with Gasteiger partial charge in [0.1, 0.15) is 5.69 Å². The lowest BCUT2D eigenvalue weighted by molar-refractivity contribution is 0.0520. The van der Waals surface area contributed by atoms with Gasteiger partial charge in [-0.15, -0.1) is 0 Å². The molecule has 1 aromatic heterocycles. The Labute approximate surface area is 115 Å². The zero-order valence-electron chi connectivity index (χ0n) is 10.3. The largest absolute Gasteiger partial charge is 0.461 e. The van der Waals surface area contributed by atoms with Crippen molar-refractivity contribution in [2.75, 3.05) is 11.9 Å². The zero-order chi connectivity index (χ0) is 13.0. The van der Waals surface area contributed by atoms with Gasteiger partial charge in [-0.1, -0.05) is 34.1 Å². The molecular weight excluding hydrogens is 294 g/mol. The number of alkyl halides is 1. The van der Waals surface area contributed by atoms with E-state index in [4.69, 9.17) is 4.74 Å². The summed E-state index contributed by atoms with van der Waals surface area (Å²) in [5.41, 5.74) is 2.81. The van der Waals surface area contributed by atoms with E-state index in [1.54, 1.807) is 0 Å². The van der Waals surface area contributed by atoms with Gasteiger partial charge in [0.25, 0.3) is 0 Å². The monoisotopic (exact) mass is 309 g/mol. The lowest BCUT2D eigenvalue weighted by Crippen LogP contribution is -2.04. The minimum atomic E-state index is -0.292. The number of carbonyl (C=O) groups excluding carboxylic acids is 1. The number of aromatic nitrogens is 1. The number of para-hydroxylation sites is 1. The third kappa shape index (κ3) is 2.75. The van der Waals surface area contributed by atoms with Crippen molar-refractivity contribution in [3.63, 3.8) is 0 Å². The van der Waals surface area contributed by atoms with E-state index in [0.29, 0.717) is 12.3 Å². The summed E-state index contributed by atoms with van der Waals surface area (Å²) in [4.78, 5) is 14.8. The van der Waals surface area contributed by atoms with Crippen LogP contribution in [0.4, 0.5) is 0 Å². The second-order valence-electron chi connectivity index (χ2n) is 4.08. The van der Waals surface area contributed by atoms with Crippen LogP contribution in [0.2, 0.25) is 0 Å². The van der Waals surface area contributed by atoms with E-state index >= 15 is 0 Å². The number of ether oxygens (including phenoxy) is 1. The maximum Gasteiger partial charge on any atom is 0.354 e. The summed E-state index contributed by atoms with van der Waals surface area (Å²) in [6, 6.07) is 7.97. The number of carbonyl (C=O) groups is 1. The van der Waals surface area contributed by atoms with Crippen molar-refractivity contribution in [1.82, 2.24) is 4.98 Å². The predicted octanol–water partition coefficient (Wildman–Crippen LogP) is 3.67. The molecule has 0 bridgehead atoms. The highest BCUT2D eigenvalue weighted by Crippen LogP contribution is 2.21. The van der Waals surface area contributed by atoms with E-state index in [1.165, 1.54) is 5.56 Å². The van der Waals surface area contributed by atoms with Gasteiger partial charge in [-0.05, 0) is 31.4 Å². The van der Waals surface area contributed by atoms with Crippen molar-refractivity contribution in [2.24, 2.45) is 0 Å². The third-order valence-electron chi connectivity index (χ3n) is 2.82. The van der Waals surface area contributed by atoms with E-state index in [0.717, 1.165) is 29.1 Å². The molecule has 3 nitrogen and oxygen atoms in total. The molecule has 1 N–H and O–H groups in total. The van der Waals surface area contributed by atoms with Crippen LogP contribution in [0.1, 0.15) is 29.4 Å². The average Bonchev–Trinajstić information content (AvgIpc) is 2.81. The van der Waals surface area contributed by atoms with Crippen LogP contribution < -0.4 is 0 Å². The number of aromatic amines is 1. The Morgan fingerprint density at radius 3 is 3.00 bits per heavy atom. The van der Waals surface area contributed by atoms with Crippen LogP contribution in [0.5, 0.6) is 0 Å². The molecule has 1 heterocycles. The van der Waals surface area contributed by atoms with Crippen LogP contribution in [-0.2, 0) is 11.2 Å². The van der Waals surface area contributed by atoms with Gasteiger partial charge in [0.15, 0.2) is 0 Å². The van der Waals surface area contributed by atoms with Crippen LogP contribution in [0, 0.1) is 0 Å². The fraction of sp³-hybridized carbons (Fsp3) is 0.357. The Balaban J connectivity index is 2.34. The Morgan fingerprint density at radius 1 is 1.44 bits per heavy atom. The standard InChI is InChI=1S/C14H16BrNO2/c1-2-18-14(17)12-9-11-6-3-5-10(7-4-8-15)13(11)16-12/h3,5-6,9,16H,2,4,7-8H2,1H3. The molecule has 0 spiro atoms. The minimum Gasteiger partial charge on any atom is -0.461 e. The second-order valence-corrected chi connectivity index (χ2v) is 4.87. The van der Waals surface area contributed by atoms with E-state index in [1.807, 2.05) is 25.1 Å². The van der Waals surface area contributed by atoms with Gasteiger partial charge in [-0.3, -0.25) is 0 Å². The molecule has 0 saturated carbocycles. The maximum absolute atomic E-state index is 11.7. The summed E-state index contributed by atoms with van der Waals surface area (Å²) in [6.07, 6.45) is 2.07. The smallest absolute Gasteiger partial charge is 0.354 e. The number of hydrogen-bond acceptors (Lipinski definition) is 2. The van der Waals surface area contributed by atoms with Crippen LogP contribution in [0.15, 0.2) is 24.3 Å². The molecule has 0 aliphatic heterocycles. The lowest BCUT2D eigenvalue weighted by atomic mass is 10.1. The number of aryl methyl sites for hydroxylation is 1. The van der Waals surface area contributed by atoms with Crippen molar-refractivity contribution < 1.29 is 9.53 Å². The highest BCUT2D eigenvalue weighted by Gasteiger charge is 2.11. The fourth-order valence-corrected chi connectivity index (χ4v) is 2.28. The highest BCUT2D eigenvalue weighted by atomic mass is 79.9. The topological polar surface area (TPSA) is 42.1 Å². The summed E-state index contributed by atoms with van der Waals surface area (Å²) < 4.78 is 5.00. The third-order valence-corrected chi connectivity index (χ3v) is 3.38. The molecule has 2 aromatic rings. The first-order chi connectivity index (χ1) is 8.76. The number of halogens is 1. The molecule has 4 heteroatoms. The Hall–Kier alpha value is -1.29. The number of rotatable bonds is 5. The van der Waals surface area contributed by atoms with E-state index in [-0.39, 0.29) is 5.97 Å². The molecule has 0 radical (unpaired) electrons. The quantitative estimate of drug-likeness (QED) is 0.676. The van der Waals surface area contributed by atoms with E-state index < -0.39 is 0 Å². The molecule has 1 aromatic carbocycles. The maximum atomic E-state index is 11.7. The molecule has 18 heavy (non-hydrogen) atoms. The lowest BCUT2D eigenvalue weighted by Gasteiger charge is -2.01. The molecule has 0 atom stereocenters. The van der Waals surface area contributed by atoms with Crippen molar-refractivity contribution in [3.8, 4) is 0 Å². The Bertz CT molecular complexity index is 548. The number of hydrogen-bond donors (Lipinski definition) is 1. The van der Waals surface area contributed by atoms with Crippen molar-refractivity contribution >= 4 is 32.8 Å². The molecule has 96 valence electrons. The van der Waals surface area contributed by atoms with Gasteiger partial charge >= 0.3 is 5.97 Å². The summed E-state index contributed by atoms with van der Waals surface area (Å²) in [7, 11) is 0. The molecule has 0 unspecified atom stereocenters. The summed E-state index contributed by atoms with van der Waals surface area (Å²) in [5, 5.41) is 2.04.